The normalized spacial score (nSPS) is 10.9. The van der Waals surface area contributed by atoms with E-state index in [1.807, 2.05) is 0 Å². The molecule has 0 bridgehead atoms. The highest BCUT2D eigenvalue weighted by Gasteiger charge is 2.25. The molecule has 0 amide bonds. The molecule has 0 saturated carbocycles. The average Bonchev–Trinajstić information content (AvgIpc) is 2.03. The van der Waals surface area contributed by atoms with Gasteiger partial charge >= 0.3 is 0 Å². The molecular formula is C8H13ClO3. The van der Waals surface area contributed by atoms with Crippen molar-refractivity contribution in [2.24, 2.45) is 5.41 Å². The van der Waals surface area contributed by atoms with Gasteiger partial charge in [-0.3, -0.25) is 9.59 Å². The third-order valence-corrected chi connectivity index (χ3v) is 2.03. The Morgan fingerprint density at radius 1 is 1.58 bits per heavy atom. The summed E-state index contributed by atoms with van der Waals surface area (Å²) < 4.78 is 4.49. The Bertz CT molecular complexity index is 166. The van der Waals surface area contributed by atoms with Gasteiger partial charge in [0.2, 0.25) is 0 Å². The molecule has 12 heavy (non-hydrogen) atoms. The van der Waals surface area contributed by atoms with Crippen molar-refractivity contribution in [1.29, 1.82) is 0 Å². The van der Waals surface area contributed by atoms with Crippen molar-refractivity contribution in [3.63, 3.8) is 0 Å². The largest absolute Gasteiger partial charge is 0.468 e. The van der Waals surface area contributed by atoms with Crippen molar-refractivity contribution < 1.29 is 14.3 Å². The lowest BCUT2D eigenvalue weighted by Gasteiger charge is -2.20. The molecule has 70 valence electrons. The van der Waals surface area contributed by atoms with Gasteiger partial charge in [-0.1, -0.05) is 13.8 Å². The van der Waals surface area contributed by atoms with Crippen LogP contribution in [0.15, 0.2) is 0 Å². The number of hydrogen-bond acceptors (Lipinski definition) is 3. The quantitative estimate of drug-likeness (QED) is 0.363. The maximum Gasteiger partial charge on any atom is 0.293 e. The predicted octanol–water partition coefficient (Wildman–Crippen LogP) is 1.38. The molecule has 0 aliphatic carbocycles. The lowest BCUT2D eigenvalue weighted by molar-refractivity contribution is -0.132. The van der Waals surface area contributed by atoms with Crippen LogP contribution in [0.2, 0.25) is 0 Å². The first-order valence-electron chi connectivity index (χ1n) is 3.69. The monoisotopic (exact) mass is 192 g/mol. The van der Waals surface area contributed by atoms with E-state index in [0.29, 0.717) is 12.9 Å². The van der Waals surface area contributed by atoms with E-state index in [1.165, 1.54) is 0 Å². The highest BCUT2D eigenvalue weighted by atomic mass is 35.5. The van der Waals surface area contributed by atoms with E-state index in [0.717, 1.165) is 0 Å². The average molecular weight is 193 g/mol. The lowest BCUT2D eigenvalue weighted by Crippen LogP contribution is -2.26. The topological polar surface area (TPSA) is 43.4 Å². The summed E-state index contributed by atoms with van der Waals surface area (Å²) in [6, 6.07) is 0. The van der Waals surface area contributed by atoms with Crippen molar-refractivity contribution in [3.05, 3.63) is 0 Å². The van der Waals surface area contributed by atoms with E-state index in [-0.39, 0.29) is 18.3 Å². The van der Waals surface area contributed by atoms with E-state index < -0.39 is 5.41 Å². The fourth-order valence-corrected chi connectivity index (χ4v) is 1.04. The van der Waals surface area contributed by atoms with Crippen LogP contribution >= 0.6 is 11.6 Å². The first kappa shape index (κ1) is 11.4. The maximum atomic E-state index is 11.2. The lowest BCUT2D eigenvalue weighted by atomic mass is 9.86. The zero-order valence-electron chi connectivity index (χ0n) is 7.30. The number of ether oxygens (including phenoxy) is 1. The minimum absolute atomic E-state index is 0.00803. The summed E-state index contributed by atoms with van der Waals surface area (Å²) in [5, 5.41) is 0. The van der Waals surface area contributed by atoms with E-state index in [2.05, 4.69) is 4.74 Å². The van der Waals surface area contributed by atoms with Gasteiger partial charge in [-0.05, 0) is 6.42 Å². The second-order valence-electron chi connectivity index (χ2n) is 3.16. The number of carbonyl (C=O) groups excluding carboxylic acids is 2. The molecule has 3 nitrogen and oxygen atoms in total. The molecule has 0 saturated heterocycles. The zero-order valence-corrected chi connectivity index (χ0v) is 8.06. The number of hydrogen-bond donors (Lipinski definition) is 0. The summed E-state index contributed by atoms with van der Waals surface area (Å²) in [6.45, 7) is 4.21. The Balaban J connectivity index is 3.86. The van der Waals surface area contributed by atoms with Crippen molar-refractivity contribution in [2.75, 3.05) is 12.5 Å². The van der Waals surface area contributed by atoms with Crippen molar-refractivity contribution >= 4 is 23.9 Å². The molecule has 0 atom stereocenters. The van der Waals surface area contributed by atoms with Gasteiger partial charge in [0.05, 0.1) is 12.5 Å². The van der Waals surface area contributed by atoms with Crippen LogP contribution < -0.4 is 0 Å². The highest BCUT2D eigenvalue weighted by molar-refractivity contribution is 6.28. The van der Waals surface area contributed by atoms with Crippen molar-refractivity contribution in [3.8, 4) is 0 Å². The first-order valence-corrected chi connectivity index (χ1v) is 4.22. The summed E-state index contributed by atoms with van der Waals surface area (Å²) in [5.41, 5.74) is -0.495. The fraction of sp³-hybridized carbons (Fsp3) is 0.750. The van der Waals surface area contributed by atoms with E-state index in [4.69, 9.17) is 11.6 Å². The van der Waals surface area contributed by atoms with Gasteiger partial charge in [0.15, 0.2) is 5.78 Å². The number of halogens is 1. The number of rotatable bonds is 6. The van der Waals surface area contributed by atoms with Crippen LogP contribution in [0.3, 0.4) is 0 Å². The van der Waals surface area contributed by atoms with Crippen LogP contribution in [0.25, 0.3) is 0 Å². The third-order valence-electron chi connectivity index (χ3n) is 1.79. The summed E-state index contributed by atoms with van der Waals surface area (Å²) in [5.74, 6) is -0.0210. The molecule has 4 heteroatoms. The van der Waals surface area contributed by atoms with Gasteiger partial charge in [0.25, 0.3) is 6.47 Å². The van der Waals surface area contributed by atoms with E-state index >= 15 is 0 Å². The van der Waals surface area contributed by atoms with Crippen LogP contribution in [-0.2, 0) is 14.3 Å². The van der Waals surface area contributed by atoms with Gasteiger partial charge in [0, 0.05) is 5.41 Å². The Hall–Kier alpha value is -0.570. The van der Waals surface area contributed by atoms with Crippen molar-refractivity contribution in [2.45, 2.75) is 20.3 Å². The smallest absolute Gasteiger partial charge is 0.293 e. The Morgan fingerprint density at radius 2 is 2.17 bits per heavy atom. The molecule has 0 rings (SSSR count). The highest BCUT2D eigenvalue weighted by Crippen LogP contribution is 2.21. The summed E-state index contributed by atoms with van der Waals surface area (Å²) in [7, 11) is 0. The molecule has 0 heterocycles. The second kappa shape index (κ2) is 5.14. The number of Topliss-reactive ketones (excluding diaryl/α,β-unsaturated/α-hetero) is 1. The number of carbonyl (C=O) groups is 2. The summed E-state index contributed by atoms with van der Waals surface area (Å²) in [4.78, 5) is 20.9. The van der Waals surface area contributed by atoms with Gasteiger partial charge in [-0.15, -0.1) is 11.6 Å². The van der Waals surface area contributed by atoms with Gasteiger partial charge < -0.3 is 4.74 Å². The minimum atomic E-state index is -0.495. The maximum absolute atomic E-state index is 11.2. The minimum Gasteiger partial charge on any atom is -0.468 e. The van der Waals surface area contributed by atoms with Gasteiger partial charge in [-0.25, -0.2) is 0 Å². The van der Waals surface area contributed by atoms with Crippen molar-refractivity contribution in [1.82, 2.24) is 0 Å². The van der Waals surface area contributed by atoms with E-state index in [1.54, 1.807) is 13.8 Å². The van der Waals surface area contributed by atoms with Crippen LogP contribution in [0.5, 0.6) is 0 Å². The molecule has 0 unspecified atom stereocenters. The second-order valence-corrected chi connectivity index (χ2v) is 3.42. The molecule has 0 fully saturated rings. The van der Waals surface area contributed by atoms with Crippen LogP contribution in [0.4, 0.5) is 0 Å². The number of ketones is 1. The Kier molecular flexibility index (Phi) is 4.90. The zero-order chi connectivity index (χ0) is 9.61. The fourth-order valence-electron chi connectivity index (χ4n) is 0.682. The van der Waals surface area contributed by atoms with Gasteiger partial charge in [-0.2, -0.15) is 0 Å². The molecule has 0 aliphatic rings. The SMILES string of the molecule is CC(C)(CCOC=O)C(=O)CCl. The molecular weight excluding hydrogens is 180 g/mol. The molecule has 0 aromatic heterocycles. The standard InChI is InChI=1S/C8H13ClO3/c1-8(2,7(11)5-9)3-4-12-6-10/h6H,3-5H2,1-2H3. The third kappa shape index (κ3) is 3.72. The summed E-state index contributed by atoms with van der Waals surface area (Å²) in [6.07, 6.45) is 0.511. The molecule has 0 aliphatic heterocycles. The summed E-state index contributed by atoms with van der Waals surface area (Å²) >= 11 is 5.39. The predicted molar refractivity (Wildman–Crippen MR) is 46.1 cm³/mol. The molecule has 0 aromatic carbocycles. The van der Waals surface area contributed by atoms with Crippen LogP contribution in [-0.4, -0.2) is 24.7 Å². The van der Waals surface area contributed by atoms with Gasteiger partial charge in [0.1, 0.15) is 0 Å². The molecule has 0 radical (unpaired) electrons. The van der Waals surface area contributed by atoms with Crippen LogP contribution in [0.1, 0.15) is 20.3 Å². The number of alkyl halides is 1. The molecule has 0 aromatic rings. The molecule has 0 N–H and O–H groups in total. The van der Waals surface area contributed by atoms with Crippen LogP contribution in [0, 0.1) is 5.41 Å². The first-order chi connectivity index (χ1) is 5.54. The van der Waals surface area contributed by atoms with E-state index in [9.17, 15) is 9.59 Å². The Labute approximate surface area is 77.0 Å². The Morgan fingerprint density at radius 3 is 2.58 bits per heavy atom. The molecule has 0 spiro atoms.